The zero-order valence-corrected chi connectivity index (χ0v) is 10.9. The average Bonchev–Trinajstić information content (AvgIpc) is 2.41. The van der Waals surface area contributed by atoms with Gasteiger partial charge in [0, 0.05) is 5.02 Å². The third kappa shape index (κ3) is 3.04. The van der Waals surface area contributed by atoms with E-state index in [2.05, 4.69) is 10.3 Å². The van der Waals surface area contributed by atoms with Crippen molar-refractivity contribution in [2.45, 2.75) is 0 Å². The monoisotopic (exact) mass is 291 g/mol. The number of anilines is 2. The molecular formula is C13H10ClN3O3. The van der Waals surface area contributed by atoms with Gasteiger partial charge in [-0.3, -0.25) is 4.79 Å². The molecular weight excluding hydrogens is 282 g/mol. The van der Waals surface area contributed by atoms with E-state index in [1.165, 1.54) is 36.5 Å². The summed E-state index contributed by atoms with van der Waals surface area (Å²) in [6.07, 6.45) is 1.34. The number of halogens is 1. The largest absolute Gasteiger partial charge is 0.478 e. The average molecular weight is 292 g/mol. The van der Waals surface area contributed by atoms with Crippen LogP contribution in [0.15, 0.2) is 36.5 Å². The van der Waals surface area contributed by atoms with Crippen molar-refractivity contribution in [3.63, 3.8) is 0 Å². The molecule has 0 aliphatic rings. The lowest BCUT2D eigenvalue weighted by molar-refractivity contribution is 0.0698. The van der Waals surface area contributed by atoms with E-state index in [0.29, 0.717) is 5.69 Å². The van der Waals surface area contributed by atoms with Crippen molar-refractivity contribution < 1.29 is 14.7 Å². The highest BCUT2D eigenvalue weighted by Gasteiger charge is 2.14. The summed E-state index contributed by atoms with van der Waals surface area (Å²) in [6, 6.07) is 7.14. The van der Waals surface area contributed by atoms with Gasteiger partial charge in [0.2, 0.25) is 0 Å². The number of carboxylic acids is 1. The lowest BCUT2D eigenvalue weighted by atomic mass is 10.1. The second-order valence-corrected chi connectivity index (χ2v) is 4.36. The second kappa shape index (κ2) is 5.58. The molecule has 0 saturated carbocycles. The Balaban J connectivity index is 2.28. The first-order chi connectivity index (χ1) is 9.47. The van der Waals surface area contributed by atoms with Gasteiger partial charge >= 0.3 is 5.97 Å². The lowest BCUT2D eigenvalue weighted by Crippen LogP contribution is -2.16. The zero-order valence-electron chi connectivity index (χ0n) is 10.1. The molecule has 0 aliphatic carbocycles. The van der Waals surface area contributed by atoms with Gasteiger partial charge in [-0.05, 0) is 30.3 Å². The number of hydrogen-bond donors (Lipinski definition) is 3. The third-order valence-electron chi connectivity index (χ3n) is 2.48. The Bertz CT molecular complexity index is 671. The number of nitrogens with one attached hydrogen (secondary N) is 1. The summed E-state index contributed by atoms with van der Waals surface area (Å²) in [5, 5.41) is 11.8. The van der Waals surface area contributed by atoms with Gasteiger partial charge in [-0.25, -0.2) is 9.78 Å². The van der Waals surface area contributed by atoms with Gasteiger partial charge in [0.1, 0.15) is 5.69 Å². The van der Waals surface area contributed by atoms with Crippen molar-refractivity contribution >= 4 is 34.9 Å². The molecule has 1 aromatic heterocycles. The molecule has 1 amide bonds. The molecule has 0 bridgehead atoms. The number of rotatable bonds is 3. The molecule has 1 heterocycles. The first kappa shape index (κ1) is 13.8. The van der Waals surface area contributed by atoms with Crippen LogP contribution in [0, 0.1) is 0 Å². The van der Waals surface area contributed by atoms with E-state index in [0.717, 1.165) is 0 Å². The maximum atomic E-state index is 11.9. The van der Waals surface area contributed by atoms with Crippen LogP contribution < -0.4 is 11.1 Å². The van der Waals surface area contributed by atoms with E-state index in [1.807, 2.05) is 0 Å². The second-order valence-electron chi connectivity index (χ2n) is 3.93. The number of aromatic carboxylic acids is 1. The number of carboxylic acid groups (broad SMARTS) is 1. The van der Waals surface area contributed by atoms with Gasteiger partial charge in [-0.1, -0.05) is 11.6 Å². The quantitative estimate of drug-likeness (QED) is 0.804. The van der Waals surface area contributed by atoms with Gasteiger partial charge in [0.25, 0.3) is 5.91 Å². The molecule has 102 valence electrons. The molecule has 7 heteroatoms. The first-order valence-corrected chi connectivity index (χ1v) is 5.91. The SMILES string of the molecule is Nc1ccc(C(=O)Nc2ccc(Cl)cc2C(=O)O)nc1. The molecule has 0 saturated heterocycles. The molecule has 0 spiro atoms. The number of aromatic nitrogens is 1. The van der Waals surface area contributed by atoms with Crippen molar-refractivity contribution in [3.05, 3.63) is 52.8 Å². The van der Waals surface area contributed by atoms with Crippen molar-refractivity contribution in [2.75, 3.05) is 11.1 Å². The Kier molecular flexibility index (Phi) is 3.86. The van der Waals surface area contributed by atoms with Crippen LogP contribution in [0.1, 0.15) is 20.8 Å². The molecule has 6 nitrogen and oxygen atoms in total. The summed E-state index contributed by atoms with van der Waals surface area (Å²) in [6.45, 7) is 0. The minimum absolute atomic E-state index is 0.0960. The highest BCUT2D eigenvalue weighted by molar-refractivity contribution is 6.31. The predicted molar refractivity (Wildman–Crippen MR) is 75.0 cm³/mol. The Labute approximate surface area is 119 Å². The minimum Gasteiger partial charge on any atom is -0.478 e. The number of pyridine rings is 1. The van der Waals surface area contributed by atoms with Gasteiger partial charge in [-0.15, -0.1) is 0 Å². The summed E-state index contributed by atoms with van der Waals surface area (Å²) in [4.78, 5) is 26.9. The summed E-state index contributed by atoms with van der Waals surface area (Å²) in [7, 11) is 0. The topological polar surface area (TPSA) is 105 Å². The number of carbonyl (C=O) groups excluding carboxylic acids is 1. The van der Waals surface area contributed by atoms with E-state index in [4.69, 9.17) is 22.4 Å². The zero-order chi connectivity index (χ0) is 14.7. The molecule has 0 aliphatic heterocycles. The Morgan fingerprint density at radius 3 is 2.60 bits per heavy atom. The summed E-state index contributed by atoms with van der Waals surface area (Å²) in [5.74, 6) is -1.72. The van der Waals surface area contributed by atoms with Gasteiger partial charge < -0.3 is 16.2 Å². The fraction of sp³-hybridized carbons (Fsp3) is 0. The molecule has 20 heavy (non-hydrogen) atoms. The maximum Gasteiger partial charge on any atom is 0.337 e. The van der Waals surface area contributed by atoms with Gasteiger partial charge in [-0.2, -0.15) is 0 Å². The number of carbonyl (C=O) groups is 2. The van der Waals surface area contributed by atoms with Crippen LogP contribution in [0.4, 0.5) is 11.4 Å². The Morgan fingerprint density at radius 2 is 2.00 bits per heavy atom. The molecule has 0 unspecified atom stereocenters. The summed E-state index contributed by atoms with van der Waals surface area (Å²) in [5.41, 5.74) is 6.08. The standard InChI is InChI=1S/C13H10ClN3O3/c14-7-1-3-10(9(5-7)13(19)20)17-12(18)11-4-2-8(15)6-16-11/h1-6H,15H2,(H,17,18)(H,19,20). The highest BCUT2D eigenvalue weighted by atomic mass is 35.5. The van der Waals surface area contributed by atoms with Crippen LogP contribution in [-0.4, -0.2) is 22.0 Å². The summed E-state index contributed by atoms with van der Waals surface area (Å²) < 4.78 is 0. The first-order valence-electron chi connectivity index (χ1n) is 5.53. The van der Waals surface area contributed by atoms with Crippen LogP contribution in [0.5, 0.6) is 0 Å². The van der Waals surface area contributed by atoms with Crippen molar-refractivity contribution in [3.8, 4) is 0 Å². The summed E-state index contributed by atoms with van der Waals surface area (Å²) >= 11 is 5.73. The molecule has 1 aromatic carbocycles. The lowest BCUT2D eigenvalue weighted by Gasteiger charge is -2.08. The van der Waals surface area contributed by atoms with Crippen LogP contribution >= 0.6 is 11.6 Å². The number of nitrogens with two attached hydrogens (primary N) is 1. The molecule has 0 atom stereocenters. The molecule has 0 fully saturated rings. The van der Waals surface area contributed by atoms with E-state index < -0.39 is 11.9 Å². The van der Waals surface area contributed by atoms with Crippen LogP contribution in [0.25, 0.3) is 0 Å². The molecule has 0 radical (unpaired) electrons. The van der Waals surface area contributed by atoms with Crippen LogP contribution in [-0.2, 0) is 0 Å². The van der Waals surface area contributed by atoms with Crippen LogP contribution in [0.2, 0.25) is 5.02 Å². The number of nitrogen functional groups attached to an aromatic ring is 1. The fourth-order valence-electron chi connectivity index (χ4n) is 1.53. The van der Waals surface area contributed by atoms with Crippen molar-refractivity contribution in [2.24, 2.45) is 0 Å². The highest BCUT2D eigenvalue weighted by Crippen LogP contribution is 2.21. The minimum atomic E-state index is -1.19. The van der Waals surface area contributed by atoms with E-state index >= 15 is 0 Å². The Morgan fingerprint density at radius 1 is 1.25 bits per heavy atom. The normalized spacial score (nSPS) is 10.1. The van der Waals surface area contributed by atoms with E-state index in [-0.39, 0.29) is 22.0 Å². The number of amides is 1. The molecule has 2 rings (SSSR count). The van der Waals surface area contributed by atoms with Crippen LogP contribution in [0.3, 0.4) is 0 Å². The van der Waals surface area contributed by atoms with E-state index in [1.54, 1.807) is 0 Å². The third-order valence-corrected chi connectivity index (χ3v) is 2.71. The Hall–Kier alpha value is -2.60. The van der Waals surface area contributed by atoms with Gasteiger partial charge in [0.05, 0.1) is 23.1 Å². The number of benzene rings is 1. The number of nitrogens with zero attached hydrogens (tertiary/aromatic N) is 1. The maximum absolute atomic E-state index is 11.9. The predicted octanol–water partition coefficient (Wildman–Crippen LogP) is 2.27. The molecule has 4 N–H and O–H groups in total. The van der Waals surface area contributed by atoms with Gasteiger partial charge in [0.15, 0.2) is 0 Å². The van der Waals surface area contributed by atoms with Crippen molar-refractivity contribution in [1.29, 1.82) is 0 Å². The fourth-order valence-corrected chi connectivity index (χ4v) is 1.70. The molecule has 2 aromatic rings. The van der Waals surface area contributed by atoms with Crippen molar-refractivity contribution in [1.82, 2.24) is 4.98 Å². The number of hydrogen-bond acceptors (Lipinski definition) is 4. The smallest absolute Gasteiger partial charge is 0.337 e. The van der Waals surface area contributed by atoms with E-state index in [9.17, 15) is 9.59 Å².